The van der Waals surface area contributed by atoms with Crippen LogP contribution in [0, 0.1) is 6.92 Å². The summed E-state index contributed by atoms with van der Waals surface area (Å²) in [5.41, 5.74) is 4.96. The van der Waals surface area contributed by atoms with E-state index in [4.69, 9.17) is 4.74 Å². The van der Waals surface area contributed by atoms with Crippen molar-refractivity contribution in [3.05, 3.63) is 76.4 Å². The van der Waals surface area contributed by atoms with E-state index in [0.717, 1.165) is 22.9 Å². The Bertz CT molecular complexity index is 1160. The van der Waals surface area contributed by atoms with E-state index in [-0.39, 0.29) is 23.7 Å². The van der Waals surface area contributed by atoms with Crippen LogP contribution >= 0.6 is 0 Å². The molecule has 0 unspecified atom stereocenters. The standard InChI is InChI=1S/C22H18O5S/c1-13-3-5-15(6-4-13)21-20(14-7-9-16(10-8-14)28(2,25)26)18-12-27-19(23)11-17(18)22(21)24/h3-10H,11-12H2,1-2H3. The van der Waals surface area contributed by atoms with E-state index in [1.54, 1.807) is 12.1 Å². The van der Waals surface area contributed by atoms with E-state index in [0.29, 0.717) is 22.3 Å². The molecule has 0 N–H and O–H groups in total. The average molecular weight is 394 g/mol. The van der Waals surface area contributed by atoms with E-state index in [2.05, 4.69) is 0 Å². The van der Waals surface area contributed by atoms with Crippen LogP contribution in [0.1, 0.15) is 23.1 Å². The number of benzene rings is 2. The fourth-order valence-electron chi connectivity index (χ4n) is 3.58. The molecule has 5 nitrogen and oxygen atoms in total. The second-order valence-corrected chi connectivity index (χ2v) is 9.05. The summed E-state index contributed by atoms with van der Waals surface area (Å²) in [6.45, 7) is 2.01. The molecule has 0 atom stereocenters. The Labute approximate surface area is 163 Å². The van der Waals surface area contributed by atoms with Crippen LogP contribution in [0.15, 0.2) is 64.6 Å². The Balaban J connectivity index is 1.92. The SMILES string of the molecule is Cc1ccc(C2=C(c3ccc(S(C)(=O)=O)cc3)C3=C(CC(=O)OC3)C2=O)cc1. The Morgan fingerprint density at radius 2 is 1.39 bits per heavy atom. The van der Waals surface area contributed by atoms with Gasteiger partial charge < -0.3 is 4.74 Å². The zero-order valence-electron chi connectivity index (χ0n) is 15.5. The Morgan fingerprint density at radius 1 is 0.821 bits per heavy atom. The van der Waals surface area contributed by atoms with Crippen LogP contribution in [-0.4, -0.2) is 33.0 Å². The van der Waals surface area contributed by atoms with Gasteiger partial charge in [-0.05, 0) is 30.2 Å². The molecule has 1 aliphatic carbocycles. The van der Waals surface area contributed by atoms with E-state index < -0.39 is 15.8 Å². The number of carbonyl (C=O) groups is 2. The maximum atomic E-state index is 13.2. The number of hydrogen-bond donors (Lipinski definition) is 0. The number of rotatable bonds is 3. The molecule has 2 aliphatic rings. The van der Waals surface area contributed by atoms with Crippen LogP contribution in [0.25, 0.3) is 11.1 Å². The number of sulfone groups is 1. The molecule has 0 fully saturated rings. The minimum Gasteiger partial charge on any atom is -0.461 e. The largest absolute Gasteiger partial charge is 0.461 e. The van der Waals surface area contributed by atoms with E-state index in [9.17, 15) is 18.0 Å². The van der Waals surface area contributed by atoms with Crippen molar-refractivity contribution in [2.24, 2.45) is 0 Å². The Morgan fingerprint density at radius 3 is 2.00 bits per heavy atom. The van der Waals surface area contributed by atoms with Crippen molar-refractivity contribution in [1.29, 1.82) is 0 Å². The normalized spacial score (nSPS) is 17.1. The van der Waals surface area contributed by atoms with Crippen molar-refractivity contribution in [2.45, 2.75) is 18.2 Å². The smallest absolute Gasteiger partial charge is 0.310 e. The topological polar surface area (TPSA) is 77.5 Å². The predicted molar refractivity (Wildman–Crippen MR) is 105 cm³/mol. The lowest BCUT2D eigenvalue weighted by molar-refractivity contribution is -0.143. The molecule has 0 spiro atoms. The third kappa shape index (κ3) is 3.10. The van der Waals surface area contributed by atoms with Crippen LogP contribution in [0.4, 0.5) is 0 Å². The summed E-state index contributed by atoms with van der Waals surface area (Å²) in [5.74, 6) is -0.582. The van der Waals surface area contributed by atoms with E-state index in [1.807, 2.05) is 31.2 Å². The van der Waals surface area contributed by atoms with Crippen LogP contribution in [0.3, 0.4) is 0 Å². The lowest BCUT2D eigenvalue weighted by Crippen LogP contribution is -2.18. The molecule has 4 rings (SSSR count). The van der Waals surface area contributed by atoms with Gasteiger partial charge in [0, 0.05) is 28.5 Å². The molecule has 0 saturated carbocycles. The highest BCUT2D eigenvalue weighted by molar-refractivity contribution is 7.90. The first-order valence-electron chi connectivity index (χ1n) is 8.80. The lowest BCUT2D eigenvalue weighted by atomic mass is 9.93. The third-order valence-electron chi connectivity index (χ3n) is 5.03. The van der Waals surface area contributed by atoms with Crippen LogP contribution in [-0.2, 0) is 24.2 Å². The first-order valence-corrected chi connectivity index (χ1v) is 10.7. The summed E-state index contributed by atoms with van der Waals surface area (Å²) < 4.78 is 28.7. The second kappa shape index (κ2) is 6.56. The van der Waals surface area contributed by atoms with Gasteiger partial charge in [-0.25, -0.2) is 8.42 Å². The van der Waals surface area contributed by atoms with Crippen LogP contribution < -0.4 is 0 Å². The lowest BCUT2D eigenvalue weighted by Gasteiger charge is -2.16. The summed E-state index contributed by atoms with van der Waals surface area (Å²) in [6, 6.07) is 14.1. The number of cyclic esters (lactones) is 1. The highest BCUT2D eigenvalue weighted by atomic mass is 32.2. The number of ketones is 1. The maximum Gasteiger partial charge on any atom is 0.310 e. The molecule has 0 radical (unpaired) electrons. The summed E-state index contributed by atoms with van der Waals surface area (Å²) in [7, 11) is -3.32. The van der Waals surface area contributed by atoms with Gasteiger partial charge in [0.15, 0.2) is 15.6 Å². The first-order chi connectivity index (χ1) is 13.3. The van der Waals surface area contributed by atoms with Crippen LogP contribution in [0.5, 0.6) is 0 Å². The first kappa shape index (κ1) is 18.4. The van der Waals surface area contributed by atoms with Crippen molar-refractivity contribution in [1.82, 2.24) is 0 Å². The zero-order valence-corrected chi connectivity index (χ0v) is 16.3. The summed E-state index contributed by atoms with van der Waals surface area (Å²) >= 11 is 0. The number of hydrogen-bond acceptors (Lipinski definition) is 5. The fraction of sp³-hybridized carbons (Fsp3) is 0.182. The van der Waals surface area contributed by atoms with Gasteiger partial charge >= 0.3 is 5.97 Å². The monoisotopic (exact) mass is 394 g/mol. The highest BCUT2D eigenvalue weighted by Gasteiger charge is 2.37. The molecule has 2 aromatic rings. The number of esters is 1. The number of allylic oxidation sites excluding steroid dienone is 1. The highest BCUT2D eigenvalue weighted by Crippen LogP contribution is 2.44. The van der Waals surface area contributed by atoms with Gasteiger partial charge in [-0.2, -0.15) is 0 Å². The maximum absolute atomic E-state index is 13.2. The third-order valence-corrected chi connectivity index (χ3v) is 6.16. The average Bonchev–Trinajstić information content (AvgIpc) is 2.94. The molecule has 1 aliphatic heterocycles. The fourth-order valence-corrected chi connectivity index (χ4v) is 4.21. The summed E-state index contributed by atoms with van der Waals surface area (Å²) in [4.78, 5) is 25.1. The van der Waals surface area contributed by atoms with Gasteiger partial charge in [0.2, 0.25) is 0 Å². The minimum absolute atomic E-state index is 0.0401. The molecule has 2 aromatic carbocycles. The van der Waals surface area contributed by atoms with Gasteiger partial charge in [-0.1, -0.05) is 42.0 Å². The molecule has 0 saturated heterocycles. The van der Waals surface area contributed by atoms with Crippen molar-refractivity contribution >= 4 is 32.7 Å². The quantitative estimate of drug-likeness (QED) is 0.748. The zero-order chi connectivity index (χ0) is 20.1. The van der Waals surface area contributed by atoms with Crippen molar-refractivity contribution in [3.8, 4) is 0 Å². The predicted octanol–water partition coefficient (Wildman–Crippen LogP) is 3.14. The Hall–Kier alpha value is -2.99. The molecule has 0 amide bonds. The van der Waals surface area contributed by atoms with Gasteiger partial charge in [-0.15, -0.1) is 0 Å². The van der Waals surface area contributed by atoms with Gasteiger partial charge in [0.1, 0.15) is 6.61 Å². The molecular weight excluding hydrogens is 376 g/mol. The second-order valence-electron chi connectivity index (χ2n) is 7.04. The van der Waals surface area contributed by atoms with E-state index >= 15 is 0 Å². The molecular formula is C22H18O5S. The van der Waals surface area contributed by atoms with E-state index in [1.165, 1.54) is 12.1 Å². The van der Waals surface area contributed by atoms with Gasteiger partial charge in [-0.3, -0.25) is 9.59 Å². The molecule has 0 bridgehead atoms. The minimum atomic E-state index is -3.32. The van der Waals surface area contributed by atoms with Crippen molar-refractivity contribution in [2.75, 3.05) is 12.9 Å². The van der Waals surface area contributed by atoms with Crippen LogP contribution in [0.2, 0.25) is 0 Å². The van der Waals surface area contributed by atoms with Crippen molar-refractivity contribution in [3.63, 3.8) is 0 Å². The summed E-state index contributed by atoms with van der Waals surface area (Å²) in [5, 5.41) is 0. The molecule has 1 heterocycles. The Kier molecular flexibility index (Phi) is 4.31. The molecule has 142 valence electrons. The van der Waals surface area contributed by atoms with Crippen molar-refractivity contribution < 1.29 is 22.7 Å². The van der Waals surface area contributed by atoms with Gasteiger partial charge in [0.05, 0.1) is 11.3 Å². The van der Waals surface area contributed by atoms with Gasteiger partial charge in [0.25, 0.3) is 0 Å². The molecule has 6 heteroatoms. The number of Topliss-reactive ketones (excluding diaryl/α,β-unsaturated/α-hetero) is 1. The molecule has 0 aromatic heterocycles. The molecule has 28 heavy (non-hydrogen) atoms. The summed E-state index contributed by atoms with van der Waals surface area (Å²) in [6.07, 6.45) is 1.10. The number of aryl methyl sites for hydroxylation is 1. The number of ether oxygens (including phenoxy) is 1. The number of carbonyl (C=O) groups excluding carboxylic acids is 2.